The van der Waals surface area contributed by atoms with Crippen molar-refractivity contribution >= 4 is 17.7 Å². The fourth-order valence-electron chi connectivity index (χ4n) is 3.27. The van der Waals surface area contributed by atoms with Crippen molar-refractivity contribution in [3.8, 4) is 11.5 Å². The Morgan fingerprint density at radius 1 is 1.19 bits per heavy atom. The molecule has 1 unspecified atom stereocenters. The van der Waals surface area contributed by atoms with Crippen LogP contribution >= 0.6 is 0 Å². The molecule has 1 aliphatic rings. The third-order valence-electron chi connectivity index (χ3n) is 4.92. The van der Waals surface area contributed by atoms with Crippen LogP contribution in [0.15, 0.2) is 59.8 Å². The van der Waals surface area contributed by atoms with Crippen LogP contribution in [-0.2, 0) is 9.53 Å². The van der Waals surface area contributed by atoms with E-state index in [0.29, 0.717) is 22.8 Å². The fraction of sp³-hybridized carbons (Fsp3) is 0.273. The van der Waals surface area contributed by atoms with Gasteiger partial charge in [0.1, 0.15) is 18.1 Å². The zero-order valence-corrected chi connectivity index (χ0v) is 17.9. The number of non-ortho nitro benzene ring substituents is 1. The van der Waals surface area contributed by atoms with Crippen molar-refractivity contribution in [3.05, 3.63) is 75.5 Å². The molecule has 32 heavy (non-hydrogen) atoms. The Labute approximate surface area is 184 Å². The number of amides is 2. The van der Waals surface area contributed by atoms with Crippen LogP contribution in [0.25, 0.3) is 0 Å². The summed E-state index contributed by atoms with van der Waals surface area (Å²) < 4.78 is 16.2. The van der Waals surface area contributed by atoms with E-state index in [1.54, 1.807) is 44.4 Å². The van der Waals surface area contributed by atoms with E-state index >= 15 is 0 Å². The molecule has 0 aliphatic carbocycles. The zero-order valence-electron chi connectivity index (χ0n) is 17.9. The highest BCUT2D eigenvalue weighted by Gasteiger charge is 2.37. The molecule has 10 nitrogen and oxygen atoms in total. The van der Waals surface area contributed by atoms with Crippen molar-refractivity contribution in [2.75, 3.05) is 27.4 Å². The minimum absolute atomic E-state index is 0.101. The SMILES string of the molecule is CCOC(=O)C1=C(COc2ccc(OC)cc2)N(C)C(=O)NC1c1cccc([N+](=O)[O-])c1. The minimum Gasteiger partial charge on any atom is -0.497 e. The van der Waals surface area contributed by atoms with Gasteiger partial charge in [-0.15, -0.1) is 0 Å². The number of esters is 1. The molecular weight excluding hydrogens is 418 g/mol. The Kier molecular flexibility index (Phi) is 6.93. The van der Waals surface area contributed by atoms with Gasteiger partial charge < -0.3 is 19.5 Å². The van der Waals surface area contributed by atoms with Gasteiger partial charge in [0.15, 0.2) is 0 Å². The van der Waals surface area contributed by atoms with E-state index < -0.39 is 23.0 Å². The maximum absolute atomic E-state index is 12.9. The van der Waals surface area contributed by atoms with Gasteiger partial charge in [-0.2, -0.15) is 0 Å². The molecule has 1 heterocycles. The molecule has 2 aromatic carbocycles. The molecule has 3 rings (SSSR count). The number of carbonyl (C=O) groups excluding carboxylic acids is 2. The van der Waals surface area contributed by atoms with Crippen molar-refractivity contribution < 1.29 is 28.7 Å². The van der Waals surface area contributed by atoms with Crippen LogP contribution < -0.4 is 14.8 Å². The van der Waals surface area contributed by atoms with Crippen molar-refractivity contribution in [1.29, 1.82) is 0 Å². The molecule has 0 radical (unpaired) electrons. The molecule has 0 saturated heterocycles. The van der Waals surface area contributed by atoms with Crippen molar-refractivity contribution in [2.24, 2.45) is 0 Å². The second kappa shape index (κ2) is 9.82. The first-order valence-electron chi connectivity index (χ1n) is 9.81. The standard InChI is InChI=1S/C22H23N3O7/c1-4-31-21(26)19-18(13-32-17-10-8-16(30-3)9-11-17)24(2)22(27)23-20(19)14-6-5-7-15(12-14)25(28)29/h5-12,20H,4,13H2,1-3H3,(H,23,27). The topological polar surface area (TPSA) is 120 Å². The molecule has 1 N–H and O–H groups in total. The number of urea groups is 1. The van der Waals surface area contributed by atoms with Crippen LogP contribution in [0.1, 0.15) is 18.5 Å². The number of benzene rings is 2. The lowest BCUT2D eigenvalue weighted by atomic mass is 9.94. The van der Waals surface area contributed by atoms with Crippen LogP contribution in [-0.4, -0.2) is 49.2 Å². The largest absolute Gasteiger partial charge is 0.497 e. The highest BCUT2D eigenvalue weighted by molar-refractivity contribution is 5.95. The van der Waals surface area contributed by atoms with Crippen molar-refractivity contribution in [3.63, 3.8) is 0 Å². The molecule has 0 fully saturated rings. The number of hydrogen-bond acceptors (Lipinski definition) is 7. The molecule has 10 heteroatoms. The Balaban J connectivity index is 2.02. The van der Waals surface area contributed by atoms with Gasteiger partial charge in [0, 0.05) is 19.2 Å². The Bertz CT molecular complexity index is 1050. The fourth-order valence-corrected chi connectivity index (χ4v) is 3.27. The number of ether oxygens (including phenoxy) is 3. The van der Waals surface area contributed by atoms with E-state index in [1.165, 1.54) is 30.1 Å². The van der Waals surface area contributed by atoms with E-state index in [1.807, 2.05) is 0 Å². The van der Waals surface area contributed by atoms with Crippen LogP contribution in [0.4, 0.5) is 10.5 Å². The molecule has 1 aliphatic heterocycles. The van der Waals surface area contributed by atoms with Crippen LogP contribution in [0.3, 0.4) is 0 Å². The van der Waals surface area contributed by atoms with E-state index in [9.17, 15) is 19.7 Å². The molecule has 1 atom stereocenters. The molecule has 168 valence electrons. The van der Waals surface area contributed by atoms with E-state index in [2.05, 4.69) is 5.32 Å². The average molecular weight is 441 g/mol. The maximum atomic E-state index is 12.9. The smallest absolute Gasteiger partial charge is 0.338 e. The predicted molar refractivity (Wildman–Crippen MR) is 114 cm³/mol. The maximum Gasteiger partial charge on any atom is 0.338 e. The number of carbonyl (C=O) groups is 2. The number of nitrogens with zero attached hydrogens (tertiary/aromatic N) is 2. The first-order valence-corrected chi connectivity index (χ1v) is 9.81. The lowest BCUT2D eigenvalue weighted by Crippen LogP contribution is -2.48. The van der Waals surface area contributed by atoms with E-state index in [4.69, 9.17) is 14.2 Å². The minimum atomic E-state index is -0.938. The van der Waals surface area contributed by atoms with Gasteiger partial charge in [-0.25, -0.2) is 9.59 Å². The Morgan fingerprint density at radius 3 is 2.50 bits per heavy atom. The second-order valence-electron chi connectivity index (χ2n) is 6.84. The van der Waals surface area contributed by atoms with Gasteiger partial charge in [-0.05, 0) is 36.8 Å². The number of hydrogen-bond donors (Lipinski definition) is 1. The predicted octanol–water partition coefficient (Wildman–Crippen LogP) is 3.20. The van der Waals surface area contributed by atoms with Crippen LogP contribution in [0, 0.1) is 10.1 Å². The summed E-state index contributed by atoms with van der Waals surface area (Å²) in [5.74, 6) is 0.514. The van der Waals surface area contributed by atoms with Gasteiger partial charge in [-0.1, -0.05) is 12.1 Å². The van der Waals surface area contributed by atoms with Gasteiger partial charge >= 0.3 is 12.0 Å². The van der Waals surface area contributed by atoms with E-state index in [0.717, 1.165) is 0 Å². The second-order valence-corrected chi connectivity index (χ2v) is 6.84. The number of methoxy groups -OCH3 is 1. The third kappa shape index (κ3) is 4.80. The number of rotatable bonds is 8. The average Bonchev–Trinajstić information content (AvgIpc) is 2.80. The van der Waals surface area contributed by atoms with Gasteiger partial charge in [0.2, 0.25) is 0 Å². The van der Waals surface area contributed by atoms with Gasteiger partial charge in [-0.3, -0.25) is 15.0 Å². The molecular formula is C22H23N3O7. The first kappa shape index (κ1) is 22.6. The number of nitro benzene ring substituents is 1. The molecule has 2 aromatic rings. The normalized spacial score (nSPS) is 15.8. The molecule has 0 saturated carbocycles. The monoisotopic (exact) mass is 441 g/mol. The number of nitrogens with one attached hydrogen (secondary N) is 1. The Hall–Kier alpha value is -4.08. The summed E-state index contributed by atoms with van der Waals surface area (Å²) in [6, 6.07) is 11.2. The van der Waals surface area contributed by atoms with Crippen molar-refractivity contribution in [1.82, 2.24) is 10.2 Å². The number of nitro groups is 1. The van der Waals surface area contributed by atoms with E-state index in [-0.39, 0.29) is 24.5 Å². The third-order valence-corrected chi connectivity index (χ3v) is 4.92. The summed E-state index contributed by atoms with van der Waals surface area (Å²) >= 11 is 0. The van der Waals surface area contributed by atoms with Crippen LogP contribution in [0.2, 0.25) is 0 Å². The molecule has 0 bridgehead atoms. The summed E-state index contributed by atoms with van der Waals surface area (Å²) in [4.78, 5) is 37.5. The molecule has 2 amide bonds. The summed E-state index contributed by atoms with van der Waals surface area (Å²) in [6.45, 7) is 1.68. The molecule has 0 aromatic heterocycles. The van der Waals surface area contributed by atoms with Gasteiger partial charge in [0.25, 0.3) is 5.69 Å². The quantitative estimate of drug-likeness (QED) is 0.379. The lowest BCUT2D eigenvalue weighted by molar-refractivity contribution is -0.384. The summed E-state index contributed by atoms with van der Waals surface area (Å²) in [5, 5.41) is 13.9. The highest BCUT2D eigenvalue weighted by Crippen LogP contribution is 2.33. The zero-order chi connectivity index (χ0) is 23.3. The number of likely N-dealkylation sites (N-methyl/N-ethyl adjacent to an activating group) is 1. The van der Waals surface area contributed by atoms with Crippen molar-refractivity contribution in [2.45, 2.75) is 13.0 Å². The summed E-state index contributed by atoms with van der Waals surface area (Å²) in [7, 11) is 3.06. The lowest BCUT2D eigenvalue weighted by Gasteiger charge is -2.34. The first-order chi connectivity index (χ1) is 15.3. The summed E-state index contributed by atoms with van der Waals surface area (Å²) in [6.07, 6.45) is 0. The van der Waals surface area contributed by atoms with Gasteiger partial charge in [0.05, 0.1) is 36.0 Å². The Morgan fingerprint density at radius 2 is 1.88 bits per heavy atom. The van der Waals surface area contributed by atoms with Crippen LogP contribution in [0.5, 0.6) is 11.5 Å². The molecule has 0 spiro atoms. The highest BCUT2D eigenvalue weighted by atomic mass is 16.6. The summed E-state index contributed by atoms with van der Waals surface area (Å²) in [5.41, 5.74) is 0.656.